The number of methoxy groups -OCH3 is 2. The molecule has 10 heteroatoms. The molecule has 0 aromatic heterocycles. The lowest BCUT2D eigenvalue weighted by atomic mass is 9.72. The molecule has 62 heavy (non-hydrogen) atoms. The lowest BCUT2D eigenvalue weighted by Crippen LogP contribution is -2.32. The van der Waals surface area contributed by atoms with Crippen molar-refractivity contribution in [2.75, 3.05) is 27.3 Å². The van der Waals surface area contributed by atoms with Gasteiger partial charge in [0, 0.05) is 24.2 Å². The molecular weight excluding hydrogens is 781 g/mol. The lowest BCUT2D eigenvalue weighted by molar-refractivity contribution is -0.145. The monoisotopic (exact) mass is 853 g/mol. The Bertz CT molecular complexity index is 2080. The number of hydrogen-bond donors (Lipinski definition) is 2. The van der Waals surface area contributed by atoms with E-state index in [2.05, 4.69) is 57.7 Å². The van der Waals surface area contributed by atoms with Gasteiger partial charge in [-0.25, -0.2) is 0 Å². The van der Waals surface area contributed by atoms with E-state index < -0.39 is 0 Å². The summed E-state index contributed by atoms with van der Waals surface area (Å²) in [7, 11) is 2.70. The molecule has 6 rings (SSSR count). The first-order valence-corrected chi connectivity index (χ1v) is 22.3. The molecule has 0 aliphatic heterocycles. The third-order valence-electron chi connectivity index (χ3n) is 12.6. The van der Waals surface area contributed by atoms with Gasteiger partial charge in [-0.2, -0.15) is 0 Å². The summed E-state index contributed by atoms with van der Waals surface area (Å²) in [5, 5.41) is 7.02. The maximum absolute atomic E-state index is 12.4. The Morgan fingerprint density at radius 1 is 0.629 bits per heavy atom. The Morgan fingerprint density at radius 3 is 1.47 bits per heavy atom. The molecule has 2 fully saturated rings. The highest BCUT2D eigenvalue weighted by Crippen LogP contribution is 2.40. The standard InChI is InChI=1S/C26H35NO4.C21H26O2.C5H11NO2/c1-17(25(29)30-5)16-27-24(28)20-7-6-19-15-23(11-8-18(19)14-20)31-22-12-9-21(10-13-22)26(2,3)4;1-21(2,3)18-7-10-19(11-8-18)23-20-9-6-16-12-15(14-22)4-5-17(16)13-20;1-4(3-6)5(7)8-2/h6-8,11,14-15,17,21-22H,9-10,12-13,16H2,1-5H3,(H,27,28);4-6,9,12-14,18-19H,7-8,10-11H2,1-3H3;4H,3,6H2,1-2H3. The summed E-state index contributed by atoms with van der Waals surface area (Å²) in [5.41, 5.74) is 7.21. The lowest BCUT2D eigenvalue weighted by Gasteiger charge is -2.37. The molecule has 4 aromatic carbocycles. The fraction of sp³-hybridized carbons (Fsp3) is 0.538. The number of amides is 1. The highest BCUT2D eigenvalue weighted by atomic mass is 16.5. The summed E-state index contributed by atoms with van der Waals surface area (Å²) in [4.78, 5) is 45.2. The number of aldehydes is 1. The van der Waals surface area contributed by atoms with Crippen molar-refractivity contribution in [2.24, 2.45) is 40.2 Å². The number of rotatable bonds is 11. The fourth-order valence-corrected chi connectivity index (χ4v) is 8.24. The molecule has 338 valence electrons. The van der Waals surface area contributed by atoms with E-state index in [1.54, 1.807) is 19.9 Å². The second-order valence-electron chi connectivity index (χ2n) is 19.3. The van der Waals surface area contributed by atoms with Crippen LogP contribution in [0.5, 0.6) is 11.5 Å². The number of ether oxygens (including phenoxy) is 4. The number of esters is 2. The van der Waals surface area contributed by atoms with E-state index in [4.69, 9.17) is 19.9 Å². The summed E-state index contributed by atoms with van der Waals surface area (Å²) in [6, 6.07) is 23.5. The first-order chi connectivity index (χ1) is 29.3. The number of fused-ring (bicyclic) bond motifs is 2. The van der Waals surface area contributed by atoms with Crippen molar-refractivity contribution in [3.63, 3.8) is 0 Å². The molecule has 4 aromatic rings. The second kappa shape index (κ2) is 22.9. The van der Waals surface area contributed by atoms with Crippen molar-refractivity contribution in [3.05, 3.63) is 83.9 Å². The van der Waals surface area contributed by atoms with E-state index >= 15 is 0 Å². The zero-order valence-electron chi connectivity index (χ0n) is 38.9. The van der Waals surface area contributed by atoms with Crippen LogP contribution in [0.3, 0.4) is 0 Å². The Labute approximate surface area is 370 Å². The van der Waals surface area contributed by atoms with Crippen LogP contribution in [-0.2, 0) is 19.1 Å². The van der Waals surface area contributed by atoms with Crippen molar-refractivity contribution in [1.82, 2.24) is 5.32 Å². The van der Waals surface area contributed by atoms with Crippen molar-refractivity contribution < 1.29 is 38.1 Å². The van der Waals surface area contributed by atoms with Gasteiger partial charge in [0.1, 0.15) is 17.8 Å². The van der Waals surface area contributed by atoms with E-state index in [0.29, 0.717) is 34.6 Å². The first-order valence-electron chi connectivity index (χ1n) is 22.3. The van der Waals surface area contributed by atoms with Crippen LogP contribution in [0.25, 0.3) is 21.5 Å². The Kier molecular flexibility index (Phi) is 18.4. The van der Waals surface area contributed by atoms with Crippen molar-refractivity contribution in [2.45, 2.75) is 119 Å². The van der Waals surface area contributed by atoms with Gasteiger partial charge in [0.2, 0.25) is 0 Å². The van der Waals surface area contributed by atoms with Crippen LogP contribution in [0.2, 0.25) is 0 Å². The van der Waals surface area contributed by atoms with E-state index in [1.165, 1.54) is 39.9 Å². The van der Waals surface area contributed by atoms with Crippen LogP contribution in [-0.4, -0.2) is 63.6 Å². The molecule has 2 unspecified atom stereocenters. The largest absolute Gasteiger partial charge is 0.490 e. The number of carbonyl (C=O) groups is 4. The van der Waals surface area contributed by atoms with Gasteiger partial charge >= 0.3 is 11.9 Å². The van der Waals surface area contributed by atoms with Gasteiger partial charge in [0.15, 0.2) is 0 Å². The minimum atomic E-state index is -0.382. The van der Waals surface area contributed by atoms with Crippen LogP contribution in [0, 0.1) is 34.5 Å². The highest BCUT2D eigenvalue weighted by molar-refractivity contribution is 5.99. The fourth-order valence-electron chi connectivity index (χ4n) is 8.24. The molecule has 2 aliphatic carbocycles. The van der Waals surface area contributed by atoms with Gasteiger partial charge in [-0.3, -0.25) is 19.2 Å². The van der Waals surface area contributed by atoms with E-state index in [9.17, 15) is 19.2 Å². The second-order valence-corrected chi connectivity index (χ2v) is 19.3. The third kappa shape index (κ3) is 14.8. The third-order valence-corrected chi connectivity index (χ3v) is 12.6. The van der Waals surface area contributed by atoms with E-state index in [0.717, 1.165) is 76.8 Å². The topological polar surface area (TPSA) is 143 Å². The molecular formula is C52H72N2O8. The van der Waals surface area contributed by atoms with Crippen LogP contribution >= 0.6 is 0 Å². The summed E-state index contributed by atoms with van der Waals surface area (Å²) in [6.07, 6.45) is 10.9. The van der Waals surface area contributed by atoms with Crippen LogP contribution < -0.4 is 20.5 Å². The molecule has 2 saturated carbocycles. The van der Waals surface area contributed by atoms with Gasteiger partial charge in [-0.05, 0) is 138 Å². The molecule has 0 spiro atoms. The van der Waals surface area contributed by atoms with Gasteiger partial charge in [0.25, 0.3) is 5.91 Å². The minimum absolute atomic E-state index is 0.167. The predicted molar refractivity (Wildman–Crippen MR) is 249 cm³/mol. The van der Waals surface area contributed by atoms with E-state index in [-0.39, 0.29) is 42.3 Å². The number of nitrogens with two attached hydrogens (primary N) is 1. The van der Waals surface area contributed by atoms with Gasteiger partial charge in [-0.15, -0.1) is 0 Å². The normalized spacial score (nSPS) is 19.9. The summed E-state index contributed by atoms with van der Waals surface area (Å²) < 4.78 is 21.6. The summed E-state index contributed by atoms with van der Waals surface area (Å²) in [5.74, 6) is 2.07. The van der Waals surface area contributed by atoms with Gasteiger partial charge in [0.05, 0.1) is 38.3 Å². The van der Waals surface area contributed by atoms with Gasteiger partial charge < -0.3 is 30.0 Å². The van der Waals surface area contributed by atoms with Gasteiger partial charge in [-0.1, -0.05) is 85.7 Å². The molecule has 0 bridgehead atoms. The Morgan fingerprint density at radius 2 is 1.05 bits per heavy atom. The quantitative estimate of drug-likeness (QED) is 0.111. The van der Waals surface area contributed by atoms with Crippen molar-refractivity contribution in [3.8, 4) is 11.5 Å². The smallest absolute Gasteiger partial charge is 0.310 e. The molecule has 2 atom stereocenters. The van der Waals surface area contributed by atoms with Crippen LogP contribution in [0.15, 0.2) is 72.8 Å². The SMILES string of the molecule is CC(C)(C)C1CCC(Oc2ccc3cc(C=O)ccc3c2)CC1.COC(=O)C(C)CN.COC(=O)C(C)CNC(=O)c1ccc2cc(OC3CCC(C(C)(C)C)CC3)ccc2c1. The Hall–Kier alpha value is -4.96. The highest BCUT2D eigenvalue weighted by Gasteiger charge is 2.31. The first kappa shape index (κ1) is 49.7. The van der Waals surface area contributed by atoms with Crippen molar-refractivity contribution >= 4 is 45.7 Å². The summed E-state index contributed by atoms with van der Waals surface area (Å²) in [6.45, 7) is 18.1. The zero-order valence-corrected chi connectivity index (χ0v) is 38.9. The minimum Gasteiger partial charge on any atom is -0.490 e. The number of nitrogens with one attached hydrogen (secondary N) is 1. The molecule has 2 aliphatic rings. The molecule has 0 saturated heterocycles. The maximum atomic E-state index is 12.4. The predicted octanol–water partition coefficient (Wildman–Crippen LogP) is 10.8. The molecule has 1 amide bonds. The van der Waals surface area contributed by atoms with E-state index in [1.807, 2.05) is 60.7 Å². The average molecular weight is 853 g/mol. The number of benzene rings is 4. The zero-order chi connectivity index (χ0) is 45.6. The molecule has 3 N–H and O–H groups in total. The summed E-state index contributed by atoms with van der Waals surface area (Å²) >= 11 is 0. The average Bonchev–Trinajstić information content (AvgIpc) is 3.27. The Balaban J connectivity index is 0.000000239. The molecule has 0 heterocycles. The van der Waals surface area contributed by atoms with Crippen molar-refractivity contribution in [1.29, 1.82) is 0 Å². The molecule has 10 nitrogen and oxygen atoms in total. The van der Waals surface area contributed by atoms with Crippen LogP contribution in [0.1, 0.15) is 127 Å². The molecule has 0 radical (unpaired) electrons. The maximum Gasteiger partial charge on any atom is 0.310 e. The van der Waals surface area contributed by atoms with Crippen LogP contribution in [0.4, 0.5) is 0 Å². The number of hydrogen-bond acceptors (Lipinski definition) is 9. The number of carbonyl (C=O) groups excluding carboxylic acids is 4.